The van der Waals surface area contributed by atoms with Crippen molar-refractivity contribution >= 4 is 39.6 Å². The molecule has 1 saturated heterocycles. The molecule has 0 saturated carbocycles. The molecule has 32 heavy (non-hydrogen) atoms. The lowest BCUT2D eigenvalue weighted by atomic mass is 9.99. The van der Waals surface area contributed by atoms with Crippen molar-refractivity contribution in [3.8, 4) is 0 Å². The van der Waals surface area contributed by atoms with E-state index < -0.39 is 0 Å². The molecule has 3 aliphatic heterocycles. The van der Waals surface area contributed by atoms with Crippen LogP contribution in [0.5, 0.6) is 0 Å². The SMILES string of the molecule is O=C1c2c(sc3c2CCN(Cc2ccccc2)C3)N2C(=S)NNC2N1Cc1ccccc1. The average Bonchev–Trinajstić information content (AvgIpc) is 3.38. The van der Waals surface area contributed by atoms with Gasteiger partial charge in [0.15, 0.2) is 11.4 Å². The minimum absolute atomic E-state index is 0.0816. The van der Waals surface area contributed by atoms with E-state index in [1.807, 2.05) is 23.1 Å². The third-order valence-corrected chi connectivity index (χ3v) is 7.84. The van der Waals surface area contributed by atoms with Crippen LogP contribution in [0.3, 0.4) is 0 Å². The van der Waals surface area contributed by atoms with Crippen LogP contribution < -0.4 is 15.8 Å². The minimum atomic E-state index is -0.316. The molecule has 1 fully saturated rings. The van der Waals surface area contributed by atoms with Crippen molar-refractivity contribution in [1.82, 2.24) is 20.7 Å². The van der Waals surface area contributed by atoms with Crippen LogP contribution in [0, 0.1) is 0 Å². The highest BCUT2D eigenvalue weighted by atomic mass is 32.1. The van der Waals surface area contributed by atoms with Gasteiger partial charge in [-0.25, -0.2) is 0 Å². The van der Waals surface area contributed by atoms with Crippen LogP contribution >= 0.6 is 23.6 Å². The smallest absolute Gasteiger partial charge is 0.260 e. The van der Waals surface area contributed by atoms with Gasteiger partial charge < -0.3 is 0 Å². The molecular weight excluding hydrogens is 438 g/mol. The van der Waals surface area contributed by atoms with Crippen molar-refractivity contribution in [2.45, 2.75) is 32.3 Å². The van der Waals surface area contributed by atoms with Crippen molar-refractivity contribution < 1.29 is 4.79 Å². The van der Waals surface area contributed by atoms with Crippen molar-refractivity contribution in [1.29, 1.82) is 0 Å². The number of thiocarbonyl (C=S) groups is 1. The number of fused-ring (bicyclic) bond motifs is 5. The number of hydrogen-bond donors (Lipinski definition) is 2. The lowest BCUT2D eigenvalue weighted by molar-refractivity contribution is 0.0620. The van der Waals surface area contributed by atoms with Gasteiger partial charge in [-0.2, -0.15) is 5.43 Å². The summed E-state index contributed by atoms with van der Waals surface area (Å²) >= 11 is 7.32. The summed E-state index contributed by atoms with van der Waals surface area (Å²) in [7, 11) is 0. The zero-order valence-corrected chi connectivity index (χ0v) is 19.1. The van der Waals surface area contributed by atoms with E-state index >= 15 is 0 Å². The fraction of sp³-hybridized carbons (Fsp3) is 0.250. The molecule has 0 aliphatic carbocycles. The highest BCUT2D eigenvalue weighted by Gasteiger charge is 2.46. The molecule has 1 aromatic heterocycles. The molecule has 6 rings (SSSR count). The van der Waals surface area contributed by atoms with E-state index in [2.05, 4.69) is 63.1 Å². The highest BCUT2D eigenvalue weighted by molar-refractivity contribution is 7.80. The number of thiophene rings is 1. The molecule has 2 aromatic carbocycles. The Morgan fingerprint density at radius 2 is 1.69 bits per heavy atom. The highest BCUT2D eigenvalue weighted by Crippen LogP contribution is 2.44. The topological polar surface area (TPSA) is 50.9 Å². The molecule has 1 amide bonds. The first-order valence-corrected chi connectivity index (χ1v) is 12.0. The van der Waals surface area contributed by atoms with Gasteiger partial charge in [0, 0.05) is 31.1 Å². The Labute approximate surface area is 196 Å². The van der Waals surface area contributed by atoms with Gasteiger partial charge in [-0.1, -0.05) is 60.7 Å². The van der Waals surface area contributed by atoms with Gasteiger partial charge in [-0.15, -0.1) is 11.3 Å². The molecule has 3 aromatic rings. The maximum atomic E-state index is 13.8. The predicted molar refractivity (Wildman–Crippen MR) is 130 cm³/mol. The van der Waals surface area contributed by atoms with E-state index in [0.29, 0.717) is 11.7 Å². The fourth-order valence-electron chi connectivity index (χ4n) is 4.78. The lowest BCUT2D eigenvalue weighted by Gasteiger charge is -2.38. The Kier molecular flexibility index (Phi) is 4.95. The molecule has 8 heteroatoms. The van der Waals surface area contributed by atoms with Crippen LogP contribution in [0.2, 0.25) is 0 Å². The van der Waals surface area contributed by atoms with E-state index in [0.717, 1.165) is 42.2 Å². The predicted octanol–water partition coefficient (Wildman–Crippen LogP) is 3.45. The molecule has 6 nitrogen and oxygen atoms in total. The van der Waals surface area contributed by atoms with Gasteiger partial charge in [0.05, 0.1) is 5.56 Å². The minimum Gasteiger partial charge on any atom is -0.299 e. The Morgan fingerprint density at radius 3 is 2.41 bits per heavy atom. The van der Waals surface area contributed by atoms with Crippen molar-refractivity contribution in [2.75, 3.05) is 11.4 Å². The molecule has 1 unspecified atom stereocenters. The Bertz CT molecular complexity index is 1180. The number of nitrogens with one attached hydrogen (secondary N) is 2. The third kappa shape index (κ3) is 3.31. The van der Waals surface area contributed by atoms with Crippen LogP contribution in [0.1, 0.15) is 31.9 Å². The van der Waals surface area contributed by atoms with Crippen LogP contribution in [-0.2, 0) is 26.1 Å². The molecule has 3 aliphatic rings. The number of carbonyl (C=O) groups excluding carboxylic acids is 1. The second-order valence-electron chi connectivity index (χ2n) is 8.37. The first-order valence-electron chi connectivity index (χ1n) is 10.8. The van der Waals surface area contributed by atoms with E-state index in [1.54, 1.807) is 11.3 Å². The van der Waals surface area contributed by atoms with Crippen LogP contribution in [0.4, 0.5) is 5.00 Å². The number of hydrazine groups is 1. The standard InChI is InChI=1S/C24H23N5OS2/c30-21-20-18-11-12-27(13-16-7-3-1-4-8-16)15-19(18)32-22(20)29-23(25-26-24(29)31)28(21)14-17-9-5-2-6-10-17/h1-10,23,25H,11-15H2,(H,26,31). The lowest BCUT2D eigenvalue weighted by Crippen LogP contribution is -2.57. The number of hydrogen-bond acceptors (Lipinski definition) is 5. The van der Waals surface area contributed by atoms with E-state index in [4.69, 9.17) is 12.2 Å². The number of anilines is 1. The van der Waals surface area contributed by atoms with E-state index in [1.165, 1.54) is 16.0 Å². The average molecular weight is 462 g/mol. The number of carbonyl (C=O) groups is 1. The molecule has 0 bridgehead atoms. The summed E-state index contributed by atoms with van der Waals surface area (Å²) in [5.74, 6) is 0.0816. The van der Waals surface area contributed by atoms with Crippen molar-refractivity contribution in [3.63, 3.8) is 0 Å². The van der Waals surface area contributed by atoms with Crippen LogP contribution in [-0.4, -0.2) is 33.7 Å². The number of rotatable bonds is 4. The van der Waals surface area contributed by atoms with Crippen molar-refractivity contribution in [3.05, 3.63) is 87.8 Å². The first kappa shape index (κ1) is 19.9. The number of nitrogens with zero attached hydrogens (tertiary/aromatic N) is 3. The molecule has 1 atom stereocenters. The fourth-order valence-corrected chi connectivity index (χ4v) is 6.50. The Morgan fingerprint density at radius 1 is 1.00 bits per heavy atom. The normalized spacial score (nSPS) is 20.1. The molecule has 162 valence electrons. The van der Waals surface area contributed by atoms with Gasteiger partial charge >= 0.3 is 0 Å². The zero-order chi connectivity index (χ0) is 21.7. The maximum absolute atomic E-state index is 13.8. The van der Waals surface area contributed by atoms with E-state index in [9.17, 15) is 4.79 Å². The van der Waals surface area contributed by atoms with Gasteiger partial charge in [0.1, 0.15) is 5.00 Å². The second-order valence-corrected chi connectivity index (χ2v) is 9.84. The molecule has 0 spiro atoms. The second kappa shape index (κ2) is 7.97. The summed E-state index contributed by atoms with van der Waals surface area (Å²) in [5.41, 5.74) is 10.7. The summed E-state index contributed by atoms with van der Waals surface area (Å²) in [6.45, 7) is 3.26. The van der Waals surface area contributed by atoms with E-state index in [-0.39, 0.29) is 12.2 Å². The van der Waals surface area contributed by atoms with Gasteiger partial charge in [0.2, 0.25) is 0 Å². The Hall–Kier alpha value is -2.78. The maximum Gasteiger partial charge on any atom is 0.260 e. The summed E-state index contributed by atoms with van der Waals surface area (Å²) in [4.78, 5) is 21.4. The molecule has 2 N–H and O–H groups in total. The van der Waals surface area contributed by atoms with Crippen molar-refractivity contribution in [2.24, 2.45) is 0 Å². The Balaban J connectivity index is 1.33. The summed E-state index contributed by atoms with van der Waals surface area (Å²) in [5, 5.41) is 1.58. The summed E-state index contributed by atoms with van der Waals surface area (Å²) in [6.07, 6.45) is 0.564. The van der Waals surface area contributed by atoms with Gasteiger partial charge in [0.25, 0.3) is 5.91 Å². The molecule has 4 heterocycles. The first-order chi connectivity index (χ1) is 15.7. The third-order valence-electron chi connectivity index (χ3n) is 6.32. The monoisotopic (exact) mass is 461 g/mol. The number of amides is 1. The van der Waals surface area contributed by atoms with Gasteiger partial charge in [-0.3, -0.25) is 24.9 Å². The van der Waals surface area contributed by atoms with Gasteiger partial charge in [-0.05, 0) is 35.3 Å². The molecule has 0 radical (unpaired) electrons. The molecular formula is C24H23N5OS2. The summed E-state index contributed by atoms with van der Waals surface area (Å²) < 4.78 is 0. The summed E-state index contributed by atoms with van der Waals surface area (Å²) in [6, 6.07) is 20.7. The number of benzene rings is 2. The quantitative estimate of drug-likeness (QED) is 0.581. The van der Waals surface area contributed by atoms with Crippen LogP contribution in [0.25, 0.3) is 0 Å². The van der Waals surface area contributed by atoms with Crippen LogP contribution in [0.15, 0.2) is 60.7 Å². The largest absolute Gasteiger partial charge is 0.299 e. The zero-order valence-electron chi connectivity index (χ0n) is 17.5.